The lowest BCUT2D eigenvalue weighted by Gasteiger charge is -2.26. The first-order valence-electron chi connectivity index (χ1n) is 4.03. The standard InChI is InChI=1S/C8H17N/c1-3-8-4-7(2)5-9-6-8/h7-9H,3-6H2,1-2H3. The van der Waals surface area contributed by atoms with Gasteiger partial charge in [0, 0.05) is 0 Å². The number of nitrogens with one attached hydrogen (secondary N) is 1. The molecule has 2 atom stereocenters. The van der Waals surface area contributed by atoms with Crippen molar-refractivity contribution >= 4 is 0 Å². The molecule has 1 fully saturated rings. The highest BCUT2D eigenvalue weighted by Crippen LogP contribution is 2.17. The Labute approximate surface area is 57.8 Å². The van der Waals surface area contributed by atoms with Crippen LogP contribution < -0.4 is 5.32 Å². The maximum Gasteiger partial charge on any atom is -0.00204 e. The molecule has 0 radical (unpaired) electrons. The largest absolute Gasteiger partial charge is 0.316 e. The minimum absolute atomic E-state index is 0.906. The molecule has 0 saturated carbocycles. The molecule has 0 bridgehead atoms. The van der Waals surface area contributed by atoms with Gasteiger partial charge in [0.15, 0.2) is 0 Å². The molecule has 0 aromatic rings. The normalized spacial score (nSPS) is 36.7. The lowest BCUT2D eigenvalue weighted by Crippen LogP contribution is -2.34. The highest BCUT2D eigenvalue weighted by molar-refractivity contribution is 4.71. The fraction of sp³-hybridized carbons (Fsp3) is 1.00. The second-order valence-corrected chi connectivity index (χ2v) is 3.27. The van der Waals surface area contributed by atoms with E-state index in [1.54, 1.807) is 0 Å². The Bertz CT molecular complexity index is 80.6. The summed E-state index contributed by atoms with van der Waals surface area (Å²) in [5.74, 6) is 1.86. The molecule has 2 unspecified atom stereocenters. The van der Waals surface area contributed by atoms with E-state index in [1.807, 2.05) is 0 Å². The topological polar surface area (TPSA) is 12.0 Å². The molecule has 1 rings (SSSR count). The molecule has 1 aliphatic rings. The van der Waals surface area contributed by atoms with Gasteiger partial charge in [0.1, 0.15) is 0 Å². The first-order valence-corrected chi connectivity index (χ1v) is 4.03. The van der Waals surface area contributed by atoms with Crippen molar-refractivity contribution in [3.8, 4) is 0 Å². The third-order valence-corrected chi connectivity index (χ3v) is 2.24. The van der Waals surface area contributed by atoms with Crippen LogP contribution in [0.5, 0.6) is 0 Å². The van der Waals surface area contributed by atoms with Crippen molar-refractivity contribution in [3.05, 3.63) is 0 Å². The van der Waals surface area contributed by atoms with Gasteiger partial charge in [-0.15, -0.1) is 0 Å². The third kappa shape index (κ3) is 1.98. The highest BCUT2D eigenvalue weighted by atomic mass is 14.9. The van der Waals surface area contributed by atoms with Gasteiger partial charge in [-0.25, -0.2) is 0 Å². The van der Waals surface area contributed by atoms with E-state index in [0.717, 1.165) is 11.8 Å². The van der Waals surface area contributed by atoms with Crippen molar-refractivity contribution in [1.29, 1.82) is 0 Å². The third-order valence-electron chi connectivity index (χ3n) is 2.24. The zero-order valence-electron chi connectivity index (χ0n) is 6.48. The van der Waals surface area contributed by atoms with Gasteiger partial charge in [-0.2, -0.15) is 0 Å². The highest BCUT2D eigenvalue weighted by Gasteiger charge is 2.15. The van der Waals surface area contributed by atoms with E-state index < -0.39 is 0 Å². The Balaban J connectivity index is 2.23. The fourth-order valence-corrected chi connectivity index (χ4v) is 1.58. The Morgan fingerprint density at radius 2 is 2.22 bits per heavy atom. The number of hydrogen-bond acceptors (Lipinski definition) is 1. The Morgan fingerprint density at radius 1 is 1.44 bits per heavy atom. The fourth-order valence-electron chi connectivity index (χ4n) is 1.58. The lowest BCUT2D eigenvalue weighted by atomic mass is 9.90. The molecule has 1 heteroatoms. The van der Waals surface area contributed by atoms with Crippen LogP contribution in [0.1, 0.15) is 26.7 Å². The lowest BCUT2D eigenvalue weighted by molar-refractivity contribution is 0.296. The van der Waals surface area contributed by atoms with Crippen molar-refractivity contribution < 1.29 is 0 Å². The van der Waals surface area contributed by atoms with Crippen LogP contribution in [0.25, 0.3) is 0 Å². The van der Waals surface area contributed by atoms with Crippen molar-refractivity contribution in [2.75, 3.05) is 13.1 Å². The summed E-state index contributed by atoms with van der Waals surface area (Å²) in [6.45, 7) is 7.09. The molecule has 0 amide bonds. The van der Waals surface area contributed by atoms with Crippen molar-refractivity contribution in [3.63, 3.8) is 0 Å². The summed E-state index contributed by atoms with van der Waals surface area (Å²) in [5, 5.41) is 3.44. The maximum atomic E-state index is 3.44. The molecular weight excluding hydrogens is 110 g/mol. The van der Waals surface area contributed by atoms with Gasteiger partial charge >= 0.3 is 0 Å². The van der Waals surface area contributed by atoms with Crippen LogP contribution in [0.2, 0.25) is 0 Å². The minimum atomic E-state index is 0.906. The van der Waals surface area contributed by atoms with Crippen LogP contribution in [0.15, 0.2) is 0 Å². The van der Waals surface area contributed by atoms with E-state index in [1.165, 1.54) is 25.9 Å². The Hall–Kier alpha value is -0.0400. The summed E-state index contributed by atoms with van der Waals surface area (Å²) in [6.07, 6.45) is 2.78. The van der Waals surface area contributed by atoms with E-state index in [0.29, 0.717) is 0 Å². The molecule has 1 heterocycles. The molecule has 0 aromatic carbocycles. The molecular formula is C8H17N. The number of piperidine rings is 1. The molecule has 1 nitrogen and oxygen atoms in total. The molecule has 1 N–H and O–H groups in total. The summed E-state index contributed by atoms with van der Waals surface area (Å²) in [7, 11) is 0. The molecule has 54 valence electrons. The van der Waals surface area contributed by atoms with Gasteiger partial charge in [0.25, 0.3) is 0 Å². The van der Waals surface area contributed by atoms with Crippen molar-refractivity contribution in [2.24, 2.45) is 11.8 Å². The number of hydrogen-bond donors (Lipinski definition) is 1. The Kier molecular flexibility index (Phi) is 2.52. The van der Waals surface area contributed by atoms with E-state index in [-0.39, 0.29) is 0 Å². The van der Waals surface area contributed by atoms with Gasteiger partial charge in [-0.05, 0) is 31.3 Å². The van der Waals surface area contributed by atoms with Crippen LogP contribution in [0, 0.1) is 11.8 Å². The van der Waals surface area contributed by atoms with Gasteiger partial charge in [0.05, 0.1) is 0 Å². The van der Waals surface area contributed by atoms with Crippen LogP contribution in [-0.2, 0) is 0 Å². The van der Waals surface area contributed by atoms with Crippen LogP contribution >= 0.6 is 0 Å². The predicted molar refractivity (Wildman–Crippen MR) is 40.4 cm³/mol. The summed E-state index contributed by atoms with van der Waals surface area (Å²) in [4.78, 5) is 0. The summed E-state index contributed by atoms with van der Waals surface area (Å²) in [6, 6.07) is 0. The molecule has 0 aromatic heterocycles. The first kappa shape index (κ1) is 7.07. The SMILES string of the molecule is CCC1CNCC(C)C1. The molecule has 1 aliphatic heterocycles. The summed E-state index contributed by atoms with van der Waals surface area (Å²) in [5.41, 5.74) is 0. The maximum absolute atomic E-state index is 3.44. The minimum Gasteiger partial charge on any atom is -0.316 e. The van der Waals surface area contributed by atoms with Crippen LogP contribution in [0.3, 0.4) is 0 Å². The van der Waals surface area contributed by atoms with E-state index >= 15 is 0 Å². The summed E-state index contributed by atoms with van der Waals surface area (Å²) < 4.78 is 0. The summed E-state index contributed by atoms with van der Waals surface area (Å²) >= 11 is 0. The van der Waals surface area contributed by atoms with Gasteiger partial charge in [-0.3, -0.25) is 0 Å². The smallest absolute Gasteiger partial charge is 0.00204 e. The second-order valence-electron chi connectivity index (χ2n) is 3.27. The quantitative estimate of drug-likeness (QED) is 0.564. The van der Waals surface area contributed by atoms with Gasteiger partial charge in [0.2, 0.25) is 0 Å². The predicted octanol–water partition coefficient (Wildman–Crippen LogP) is 1.64. The zero-order valence-corrected chi connectivity index (χ0v) is 6.48. The second kappa shape index (κ2) is 3.21. The Morgan fingerprint density at radius 3 is 2.67 bits per heavy atom. The van der Waals surface area contributed by atoms with Crippen molar-refractivity contribution in [2.45, 2.75) is 26.7 Å². The zero-order chi connectivity index (χ0) is 6.69. The molecule has 0 spiro atoms. The first-order chi connectivity index (χ1) is 4.33. The van der Waals surface area contributed by atoms with E-state index in [9.17, 15) is 0 Å². The van der Waals surface area contributed by atoms with E-state index in [2.05, 4.69) is 19.2 Å². The average molecular weight is 127 g/mol. The average Bonchev–Trinajstić information content (AvgIpc) is 1.88. The van der Waals surface area contributed by atoms with Crippen LogP contribution in [-0.4, -0.2) is 13.1 Å². The van der Waals surface area contributed by atoms with Crippen molar-refractivity contribution in [1.82, 2.24) is 5.32 Å². The molecule has 1 saturated heterocycles. The number of rotatable bonds is 1. The molecule has 0 aliphatic carbocycles. The monoisotopic (exact) mass is 127 g/mol. The van der Waals surface area contributed by atoms with Crippen LogP contribution in [0.4, 0.5) is 0 Å². The van der Waals surface area contributed by atoms with E-state index in [4.69, 9.17) is 0 Å². The molecule has 9 heavy (non-hydrogen) atoms. The van der Waals surface area contributed by atoms with Gasteiger partial charge < -0.3 is 5.32 Å². The van der Waals surface area contributed by atoms with Gasteiger partial charge in [-0.1, -0.05) is 20.3 Å².